The third kappa shape index (κ3) is 3.89. The van der Waals surface area contributed by atoms with Crippen LogP contribution in [0.2, 0.25) is 0 Å². The Morgan fingerprint density at radius 1 is 1.44 bits per heavy atom. The molecule has 0 saturated carbocycles. The number of likely N-dealkylation sites (N-methyl/N-ethyl adjacent to an activating group) is 1. The average Bonchev–Trinajstić information content (AvgIpc) is 2.29. The highest BCUT2D eigenvalue weighted by Crippen LogP contribution is 2.12. The fraction of sp³-hybridized carbons (Fsp3) is 0.500. The van der Waals surface area contributed by atoms with E-state index in [4.69, 9.17) is 10.5 Å². The summed E-state index contributed by atoms with van der Waals surface area (Å²) in [6, 6.07) is 5.16. The van der Waals surface area contributed by atoms with Crippen LogP contribution in [0.5, 0.6) is 0 Å². The summed E-state index contributed by atoms with van der Waals surface area (Å²) >= 11 is 0. The van der Waals surface area contributed by atoms with Gasteiger partial charge in [0, 0.05) is 32.3 Å². The minimum absolute atomic E-state index is 0.188. The molecule has 0 aliphatic heterocycles. The van der Waals surface area contributed by atoms with Gasteiger partial charge in [-0.2, -0.15) is 0 Å². The summed E-state index contributed by atoms with van der Waals surface area (Å²) in [5.41, 5.74) is 6.95. The molecule has 0 saturated heterocycles. The van der Waals surface area contributed by atoms with Gasteiger partial charge in [0.2, 0.25) is 0 Å². The molecule has 0 aromatic heterocycles. The SMILES string of the molecule is COCCN(C)Cc1ccc(CN)cc1F. The van der Waals surface area contributed by atoms with Crippen molar-refractivity contribution in [3.05, 3.63) is 35.1 Å². The smallest absolute Gasteiger partial charge is 0.128 e. The van der Waals surface area contributed by atoms with Crippen LogP contribution in [0.1, 0.15) is 11.1 Å². The highest BCUT2D eigenvalue weighted by molar-refractivity contribution is 5.24. The van der Waals surface area contributed by atoms with Crippen LogP contribution < -0.4 is 5.73 Å². The fourth-order valence-corrected chi connectivity index (χ4v) is 1.46. The monoisotopic (exact) mass is 226 g/mol. The molecule has 2 N–H and O–H groups in total. The molecule has 0 atom stereocenters. The van der Waals surface area contributed by atoms with E-state index in [1.165, 1.54) is 6.07 Å². The van der Waals surface area contributed by atoms with E-state index < -0.39 is 0 Å². The molecular weight excluding hydrogens is 207 g/mol. The van der Waals surface area contributed by atoms with E-state index in [0.29, 0.717) is 25.3 Å². The van der Waals surface area contributed by atoms with Gasteiger partial charge in [-0.05, 0) is 18.7 Å². The Morgan fingerprint density at radius 3 is 2.75 bits per heavy atom. The summed E-state index contributed by atoms with van der Waals surface area (Å²) in [7, 11) is 3.60. The Hall–Kier alpha value is -0.970. The zero-order valence-corrected chi connectivity index (χ0v) is 9.87. The topological polar surface area (TPSA) is 38.5 Å². The molecule has 0 bridgehead atoms. The highest BCUT2D eigenvalue weighted by Gasteiger charge is 2.06. The van der Waals surface area contributed by atoms with E-state index in [1.807, 2.05) is 18.0 Å². The number of halogens is 1. The Balaban J connectivity index is 2.59. The molecule has 90 valence electrons. The maximum absolute atomic E-state index is 13.6. The first-order chi connectivity index (χ1) is 7.67. The van der Waals surface area contributed by atoms with Gasteiger partial charge in [-0.15, -0.1) is 0 Å². The number of hydrogen-bond donors (Lipinski definition) is 1. The van der Waals surface area contributed by atoms with Crippen LogP contribution in [0.4, 0.5) is 4.39 Å². The summed E-state index contributed by atoms with van der Waals surface area (Å²) in [5.74, 6) is -0.188. The van der Waals surface area contributed by atoms with Gasteiger partial charge >= 0.3 is 0 Å². The van der Waals surface area contributed by atoms with Crippen LogP contribution in [0, 0.1) is 5.82 Å². The van der Waals surface area contributed by atoms with Crippen LogP contribution in [-0.2, 0) is 17.8 Å². The molecule has 3 nitrogen and oxygen atoms in total. The largest absolute Gasteiger partial charge is 0.383 e. The molecule has 16 heavy (non-hydrogen) atoms. The van der Waals surface area contributed by atoms with E-state index in [2.05, 4.69) is 0 Å². The second kappa shape index (κ2) is 6.58. The summed E-state index contributed by atoms with van der Waals surface area (Å²) in [4.78, 5) is 2.02. The zero-order valence-electron chi connectivity index (χ0n) is 9.87. The van der Waals surface area contributed by atoms with Gasteiger partial charge in [-0.25, -0.2) is 4.39 Å². The third-order valence-corrected chi connectivity index (χ3v) is 2.47. The highest BCUT2D eigenvalue weighted by atomic mass is 19.1. The molecular formula is C12H19FN2O. The van der Waals surface area contributed by atoms with E-state index in [9.17, 15) is 4.39 Å². The summed E-state index contributed by atoms with van der Waals surface area (Å²) in [5, 5.41) is 0. The second-order valence-corrected chi connectivity index (χ2v) is 3.86. The summed E-state index contributed by atoms with van der Waals surface area (Å²) in [6.07, 6.45) is 0. The molecule has 0 unspecified atom stereocenters. The van der Waals surface area contributed by atoms with Crippen molar-refractivity contribution in [2.24, 2.45) is 5.73 Å². The van der Waals surface area contributed by atoms with Crippen molar-refractivity contribution in [2.75, 3.05) is 27.3 Å². The van der Waals surface area contributed by atoms with Crippen molar-refractivity contribution >= 4 is 0 Å². The fourth-order valence-electron chi connectivity index (χ4n) is 1.46. The Kier molecular flexibility index (Phi) is 5.38. The van der Waals surface area contributed by atoms with Crippen molar-refractivity contribution in [1.82, 2.24) is 4.90 Å². The van der Waals surface area contributed by atoms with E-state index in [-0.39, 0.29) is 5.82 Å². The van der Waals surface area contributed by atoms with Gasteiger partial charge < -0.3 is 10.5 Å². The molecule has 0 aliphatic carbocycles. The molecule has 4 heteroatoms. The Bertz CT molecular complexity index is 331. The van der Waals surface area contributed by atoms with E-state index in [0.717, 1.165) is 12.1 Å². The molecule has 0 radical (unpaired) electrons. The van der Waals surface area contributed by atoms with Crippen LogP contribution in [0.15, 0.2) is 18.2 Å². The van der Waals surface area contributed by atoms with Crippen molar-refractivity contribution in [3.63, 3.8) is 0 Å². The maximum Gasteiger partial charge on any atom is 0.128 e. The van der Waals surface area contributed by atoms with Gasteiger partial charge in [0.05, 0.1) is 6.61 Å². The number of ether oxygens (including phenoxy) is 1. The lowest BCUT2D eigenvalue weighted by Gasteiger charge is -2.16. The molecule has 0 amide bonds. The first kappa shape index (κ1) is 13.1. The Morgan fingerprint density at radius 2 is 2.19 bits per heavy atom. The number of rotatable bonds is 6. The van der Waals surface area contributed by atoms with E-state index in [1.54, 1.807) is 13.2 Å². The van der Waals surface area contributed by atoms with Crippen molar-refractivity contribution in [1.29, 1.82) is 0 Å². The van der Waals surface area contributed by atoms with Gasteiger partial charge in [0.1, 0.15) is 5.82 Å². The number of methoxy groups -OCH3 is 1. The third-order valence-electron chi connectivity index (χ3n) is 2.47. The normalized spacial score (nSPS) is 11.1. The minimum Gasteiger partial charge on any atom is -0.383 e. The van der Waals surface area contributed by atoms with Gasteiger partial charge in [0.15, 0.2) is 0 Å². The molecule has 1 aromatic rings. The minimum atomic E-state index is -0.188. The van der Waals surface area contributed by atoms with Crippen LogP contribution in [0.3, 0.4) is 0 Å². The lowest BCUT2D eigenvalue weighted by Crippen LogP contribution is -2.22. The van der Waals surface area contributed by atoms with Gasteiger partial charge in [-0.3, -0.25) is 4.90 Å². The van der Waals surface area contributed by atoms with Crippen molar-refractivity contribution in [3.8, 4) is 0 Å². The van der Waals surface area contributed by atoms with Crippen molar-refractivity contribution < 1.29 is 9.13 Å². The molecule has 0 spiro atoms. The molecule has 0 aliphatic rings. The molecule has 1 aromatic carbocycles. The molecule has 0 fully saturated rings. The first-order valence-electron chi connectivity index (χ1n) is 5.32. The standard InChI is InChI=1S/C12H19FN2O/c1-15(5-6-16-2)9-11-4-3-10(8-14)7-12(11)13/h3-4,7H,5-6,8-9,14H2,1-2H3. The predicted octanol–water partition coefficient (Wildman–Crippen LogP) is 1.36. The quantitative estimate of drug-likeness (QED) is 0.796. The zero-order chi connectivity index (χ0) is 12.0. The lowest BCUT2D eigenvalue weighted by atomic mass is 10.1. The number of nitrogens with two attached hydrogens (primary N) is 1. The summed E-state index contributed by atoms with van der Waals surface area (Å²) in [6.45, 7) is 2.39. The van der Waals surface area contributed by atoms with Crippen molar-refractivity contribution in [2.45, 2.75) is 13.1 Å². The number of benzene rings is 1. The van der Waals surface area contributed by atoms with Crippen LogP contribution >= 0.6 is 0 Å². The average molecular weight is 226 g/mol. The number of hydrogen-bond acceptors (Lipinski definition) is 3. The van der Waals surface area contributed by atoms with Gasteiger partial charge in [-0.1, -0.05) is 12.1 Å². The predicted molar refractivity (Wildman–Crippen MR) is 62.5 cm³/mol. The number of nitrogens with zero attached hydrogens (tertiary/aromatic N) is 1. The van der Waals surface area contributed by atoms with Gasteiger partial charge in [0.25, 0.3) is 0 Å². The first-order valence-corrected chi connectivity index (χ1v) is 5.32. The van der Waals surface area contributed by atoms with Crippen LogP contribution in [-0.4, -0.2) is 32.2 Å². The molecule has 1 rings (SSSR count). The maximum atomic E-state index is 13.6. The lowest BCUT2D eigenvalue weighted by molar-refractivity contribution is 0.158. The molecule has 0 heterocycles. The van der Waals surface area contributed by atoms with Crippen LogP contribution in [0.25, 0.3) is 0 Å². The van der Waals surface area contributed by atoms with E-state index >= 15 is 0 Å². The summed E-state index contributed by atoms with van der Waals surface area (Å²) < 4.78 is 18.6. The second-order valence-electron chi connectivity index (χ2n) is 3.86. The Labute approximate surface area is 96.0 Å².